The van der Waals surface area contributed by atoms with Crippen LogP contribution in [0.3, 0.4) is 0 Å². The molecule has 0 spiro atoms. The van der Waals surface area contributed by atoms with E-state index < -0.39 is 16.5 Å². The highest BCUT2D eigenvalue weighted by Gasteiger charge is 2.28. The molecule has 12 nitrogen and oxygen atoms in total. The molecule has 0 radical (unpaired) electrons. The van der Waals surface area contributed by atoms with Crippen molar-refractivity contribution >= 4 is 56.7 Å². The number of hydrogen-bond acceptors (Lipinski definition) is 10. The van der Waals surface area contributed by atoms with E-state index in [1.54, 1.807) is 6.92 Å². The maximum atomic E-state index is 12.7. The molecule has 1 aliphatic rings. The minimum atomic E-state index is -0.507. The zero-order valence-electron chi connectivity index (χ0n) is 19.5. The minimum absolute atomic E-state index is 0.0645. The number of carbonyl (C=O) groups excluding carboxylic acids is 2. The average Bonchev–Trinajstić information content (AvgIpc) is 3.58. The maximum Gasteiger partial charge on any atom is 0.341 e. The fourth-order valence-electron chi connectivity index (χ4n) is 4.08. The number of aromatic nitrogens is 4. The Bertz CT molecular complexity index is 1590. The largest absolute Gasteiger partial charge is 0.462 e. The number of ether oxygens (including phenoxy) is 1. The number of carbonyl (C=O) groups is 2. The Hall–Kier alpha value is -4.04. The van der Waals surface area contributed by atoms with Crippen molar-refractivity contribution in [1.82, 2.24) is 19.7 Å². The summed E-state index contributed by atoms with van der Waals surface area (Å²) in [6.45, 7) is 1.97. The van der Waals surface area contributed by atoms with E-state index in [4.69, 9.17) is 4.74 Å². The molecule has 0 aliphatic heterocycles. The molecule has 0 fully saturated rings. The summed E-state index contributed by atoms with van der Waals surface area (Å²) in [5, 5.41) is 18.8. The molecule has 0 atom stereocenters. The van der Waals surface area contributed by atoms with E-state index in [0.29, 0.717) is 16.3 Å². The Labute approximate surface area is 217 Å². The molecule has 4 aromatic rings. The third-order valence-electron chi connectivity index (χ3n) is 5.72. The van der Waals surface area contributed by atoms with Gasteiger partial charge in [0.2, 0.25) is 5.91 Å². The van der Waals surface area contributed by atoms with Crippen LogP contribution in [0.15, 0.2) is 40.4 Å². The van der Waals surface area contributed by atoms with Gasteiger partial charge in [0.15, 0.2) is 10.8 Å². The van der Waals surface area contributed by atoms with Gasteiger partial charge in [0, 0.05) is 17.0 Å². The van der Waals surface area contributed by atoms with Gasteiger partial charge in [-0.1, -0.05) is 11.8 Å². The number of nitrogens with one attached hydrogen (secondary N) is 2. The van der Waals surface area contributed by atoms with Crippen molar-refractivity contribution in [3.8, 4) is 5.69 Å². The van der Waals surface area contributed by atoms with Crippen molar-refractivity contribution in [3.05, 3.63) is 66.9 Å². The number of H-pyrrole nitrogens is 1. The molecule has 3 aromatic heterocycles. The molecule has 1 aliphatic carbocycles. The number of nitrogens with zero attached hydrogens (tertiary/aromatic N) is 4. The Morgan fingerprint density at radius 2 is 2.08 bits per heavy atom. The Kier molecular flexibility index (Phi) is 6.76. The van der Waals surface area contributed by atoms with Crippen molar-refractivity contribution < 1.29 is 19.2 Å². The molecule has 37 heavy (non-hydrogen) atoms. The minimum Gasteiger partial charge on any atom is -0.462 e. The number of nitro groups is 1. The van der Waals surface area contributed by atoms with Crippen molar-refractivity contribution in [1.29, 1.82) is 0 Å². The van der Waals surface area contributed by atoms with Crippen molar-refractivity contribution in [2.45, 2.75) is 31.3 Å². The van der Waals surface area contributed by atoms with Gasteiger partial charge in [0.25, 0.3) is 11.2 Å². The van der Waals surface area contributed by atoms with Crippen LogP contribution in [0.1, 0.15) is 34.1 Å². The first-order valence-electron chi connectivity index (χ1n) is 11.3. The van der Waals surface area contributed by atoms with Gasteiger partial charge in [-0.3, -0.25) is 19.7 Å². The highest BCUT2D eigenvalue weighted by Crippen LogP contribution is 2.39. The van der Waals surface area contributed by atoms with Gasteiger partial charge in [-0.25, -0.2) is 14.5 Å². The van der Waals surface area contributed by atoms with Gasteiger partial charge in [0.05, 0.1) is 34.7 Å². The Morgan fingerprint density at radius 1 is 1.30 bits per heavy atom. The maximum absolute atomic E-state index is 12.7. The lowest BCUT2D eigenvalue weighted by Gasteiger charge is -2.08. The van der Waals surface area contributed by atoms with Crippen LogP contribution < -0.4 is 10.9 Å². The van der Waals surface area contributed by atoms with Crippen LogP contribution in [0.25, 0.3) is 16.7 Å². The number of aromatic amines is 1. The summed E-state index contributed by atoms with van der Waals surface area (Å²) in [5.74, 6) is -0.867. The summed E-state index contributed by atoms with van der Waals surface area (Å²) in [7, 11) is 0. The number of hydrogen-bond donors (Lipinski definition) is 2. The lowest BCUT2D eigenvalue weighted by Crippen LogP contribution is -2.17. The molecule has 0 bridgehead atoms. The molecule has 14 heteroatoms. The third kappa shape index (κ3) is 4.84. The molecular weight excluding hydrogens is 520 g/mol. The second-order valence-electron chi connectivity index (χ2n) is 8.06. The third-order valence-corrected chi connectivity index (χ3v) is 7.80. The lowest BCUT2D eigenvalue weighted by molar-refractivity contribution is -0.384. The number of rotatable bonds is 8. The second kappa shape index (κ2) is 10.1. The number of amides is 1. The van der Waals surface area contributed by atoms with E-state index in [1.165, 1.54) is 46.5 Å². The van der Waals surface area contributed by atoms with Crippen LogP contribution in [0.4, 0.5) is 10.7 Å². The summed E-state index contributed by atoms with van der Waals surface area (Å²) in [6, 6.07) is 5.68. The first kappa shape index (κ1) is 24.6. The van der Waals surface area contributed by atoms with Crippen LogP contribution >= 0.6 is 23.1 Å². The second-order valence-corrected chi connectivity index (χ2v) is 10.1. The smallest absolute Gasteiger partial charge is 0.341 e. The molecular formula is C23H20N6O6S2. The van der Waals surface area contributed by atoms with E-state index in [1.807, 2.05) is 0 Å². The first-order chi connectivity index (χ1) is 17.9. The number of aryl methyl sites for hydroxylation is 1. The van der Waals surface area contributed by atoms with Crippen LogP contribution in [-0.2, 0) is 22.4 Å². The number of fused-ring (bicyclic) bond motifs is 2. The average molecular weight is 541 g/mol. The fraction of sp³-hybridized carbons (Fsp3) is 0.261. The van der Waals surface area contributed by atoms with Crippen molar-refractivity contribution in [2.24, 2.45) is 0 Å². The topological polar surface area (TPSA) is 162 Å². The highest BCUT2D eigenvalue weighted by atomic mass is 32.2. The zero-order valence-corrected chi connectivity index (χ0v) is 21.1. The van der Waals surface area contributed by atoms with Crippen LogP contribution in [0, 0.1) is 10.1 Å². The molecule has 0 unspecified atom stereocenters. The van der Waals surface area contributed by atoms with E-state index >= 15 is 0 Å². The van der Waals surface area contributed by atoms with E-state index in [-0.39, 0.29) is 40.1 Å². The van der Waals surface area contributed by atoms with Gasteiger partial charge >= 0.3 is 5.97 Å². The van der Waals surface area contributed by atoms with Crippen LogP contribution in [0.5, 0.6) is 0 Å². The SMILES string of the molecule is CCOC(=O)c1c(NC(=O)CSc2nc3c(cnn3-c3ccc([N+](=O)[O-])cc3)c(=O)[nH]2)sc2c1CCC2. The molecule has 190 valence electrons. The Morgan fingerprint density at radius 3 is 2.81 bits per heavy atom. The molecule has 2 N–H and O–H groups in total. The fourth-order valence-corrected chi connectivity index (χ4v) is 6.03. The normalized spacial score (nSPS) is 12.5. The standard InChI is InChI=1S/C23H20N6O6S2/c1-2-35-22(32)18-14-4-3-5-16(14)37-21(18)25-17(30)11-36-23-26-19-15(20(31)27-23)10-24-28(19)12-6-8-13(9-7-12)29(33)34/h6-10H,2-5,11H2,1H3,(H,25,30)(H,26,27,31). The predicted molar refractivity (Wildman–Crippen MR) is 138 cm³/mol. The summed E-state index contributed by atoms with van der Waals surface area (Å²) >= 11 is 2.42. The predicted octanol–water partition coefficient (Wildman–Crippen LogP) is 3.47. The van der Waals surface area contributed by atoms with Gasteiger partial charge in [-0.2, -0.15) is 5.10 Å². The van der Waals surface area contributed by atoms with Gasteiger partial charge < -0.3 is 15.0 Å². The number of benzene rings is 1. The highest BCUT2D eigenvalue weighted by molar-refractivity contribution is 7.99. The van der Waals surface area contributed by atoms with Gasteiger partial charge in [-0.05, 0) is 43.9 Å². The quantitative estimate of drug-likeness (QED) is 0.112. The monoisotopic (exact) mass is 540 g/mol. The van der Waals surface area contributed by atoms with E-state index in [0.717, 1.165) is 41.5 Å². The Balaban J connectivity index is 1.34. The molecule has 5 rings (SSSR count). The first-order valence-corrected chi connectivity index (χ1v) is 13.1. The number of thioether (sulfide) groups is 1. The molecule has 1 amide bonds. The zero-order chi connectivity index (χ0) is 26.1. The van der Waals surface area contributed by atoms with Crippen LogP contribution in [-0.4, -0.2) is 48.9 Å². The molecule has 0 saturated heterocycles. The molecule has 1 aromatic carbocycles. The number of esters is 1. The summed E-state index contributed by atoms with van der Waals surface area (Å²) in [6.07, 6.45) is 3.97. The van der Waals surface area contributed by atoms with E-state index in [2.05, 4.69) is 20.4 Å². The molecule has 3 heterocycles. The summed E-state index contributed by atoms with van der Waals surface area (Å²) in [5.41, 5.74) is 1.61. The number of thiophene rings is 1. The summed E-state index contributed by atoms with van der Waals surface area (Å²) in [4.78, 5) is 56.4. The number of non-ortho nitro benzene ring substituents is 1. The number of nitro benzene ring substituents is 1. The summed E-state index contributed by atoms with van der Waals surface area (Å²) < 4.78 is 6.60. The lowest BCUT2D eigenvalue weighted by atomic mass is 10.1. The van der Waals surface area contributed by atoms with E-state index in [9.17, 15) is 24.5 Å². The van der Waals surface area contributed by atoms with Crippen molar-refractivity contribution in [2.75, 3.05) is 17.7 Å². The van der Waals surface area contributed by atoms with Gasteiger partial charge in [0.1, 0.15) is 10.4 Å². The molecule has 0 saturated carbocycles. The van der Waals surface area contributed by atoms with Crippen molar-refractivity contribution in [3.63, 3.8) is 0 Å². The van der Waals surface area contributed by atoms with Crippen LogP contribution in [0.2, 0.25) is 0 Å². The number of anilines is 1. The van der Waals surface area contributed by atoms with Gasteiger partial charge in [-0.15, -0.1) is 11.3 Å².